The normalized spacial score (nSPS) is 11.7. The summed E-state index contributed by atoms with van der Waals surface area (Å²) in [6.45, 7) is 0. The molecule has 3 heterocycles. The first-order chi connectivity index (χ1) is 13.7. The van der Waals surface area contributed by atoms with Crippen molar-refractivity contribution in [2.45, 2.75) is 6.18 Å². The molecule has 0 atom stereocenters. The molecule has 2 N–H and O–H groups in total. The lowest BCUT2D eigenvalue weighted by Gasteiger charge is -2.09. The van der Waals surface area contributed by atoms with Gasteiger partial charge in [-0.2, -0.15) is 18.3 Å². The molecule has 11 heteroatoms. The summed E-state index contributed by atoms with van der Waals surface area (Å²) in [6.07, 6.45) is -3.50. The molecule has 0 saturated carbocycles. The van der Waals surface area contributed by atoms with Crippen molar-refractivity contribution < 1.29 is 27.5 Å². The summed E-state index contributed by atoms with van der Waals surface area (Å²) in [7, 11) is 0. The Balaban J connectivity index is 1.84. The van der Waals surface area contributed by atoms with Gasteiger partial charge in [-0.05, 0) is 30.3 Å². The maximum atomic E-state index is 13.6. The lowest BCUT2D eigenvalue weighted by molar-refractivity contribution is -0.142. The molecule has 148 valence electrons. The SMILES string of the molecule is O=C(Nc1cccc(O)c1)c1nn2c(C(F)(F)F)cc(-c3ccco3)nc2c1Cl. The van der Waals surface area contributed by atoms with Crippen molar-refractivity contribution in [3.8, 4) is 17.2 Å². The molecule has 7 nitrogen and oxygen atoms in total. The van der Waals surface area contributed by atoms with E-state index in [-0.39, 0.29) is 33.6 Å². The Labute approximate surface area is 165 Å². The third kappa shape index (κ3) is 3.49. The fraction of sp³-hybridized carbons (Fsp3) is 0.0556. The molecule has 4 rings (SSSR count). The van der Waals surface area contributed by atoms with Gasteiger partial charge in [0.15, 0.2) is 22.8 Å². The van der Waals surface area contributed by atoms with Gasteiger partial charge in [-0.3, -0.25) is 4.79 Å². The molecule has 0 aliphatic rings. The molecule has 1 amide bonds. The number of aromatic hydroxyl groups is 1. The number of phenols is 1. The van der Waals surface area contributed by atoms with Gasteiger partial charge in [0.25, 0.3) is 5.91 Å². The van der Waals surface area contributed by atoms with Crippen molar-refractivity contribution in [2.24, 2.45) is 0 Å². The minimum atomic E-state index is -4.79. The Morgan fingerprint density at radius 2 is 2.00 bits per heavy atom. The third-order valence-corrected chi connectivity index (χ3v) is 4.26. The number of fused-ring (bicyclic) bond motifs is 1. The molecule has 0 radical (unpaired) electrons. The van der Waals surface area contributed by atoms with Crippen LogP contribution < -0.4 is 5.32 Å². The summed E-state index contributed by atoms with van der Waals surface area (Å²) in [5.74, 6) is -0.868. The highest BCUT2D eigenvalue weighted by molar-refractivity contribution is 6.37. The van der Waals surface area contributed by atoms with E-state index in [1.807, 2.05) is 0 Å². The number of phenolic OH excluding ortho intramolecular Hbond substituents is 1. The zero-order valence-corrected chi connectivity index (χ0v) is 15.0. The van der Waals surface area contributed by atoms with Crippen molar-refractivity contribution in [1.29, 1.82) is 0 Å². The predicted octanol–water partition coefficient (Wildman–Crippen LogP) is 4.62. The Bertz CT molecular complexity index is 1220. The van der Waals surface area contributed by atoms with Crippen LogP contribution in [0.25, 0.3) is 17.1 Å². The van der Waals surface area contributed by atoms with Crippen LogP contribution in [0.3, 0.4) is 0 Å². The van der Waals surface area contributed by atoms with Crippen LogP contribution >= 0.6 is 11.6 Å². The monoisotopic (exact) mass is 422 g/mol. The van der Waals surface area contributed by atoms with E-state index in [9.17, 15) is 23.1 Å². The molecule has 1 aromatic carbocycles. The molecule has 0 bridgehead atoms. The molecule has 4 aromatic rings. The number of aromatic nitrogens is 3. The number of alkyl halides is 3. The molecule has 0 saturated heterocycles. The topological polar surface area (TPSA) is 92.7 Å². The zero-order chi connectivity index (χ0) is 20.8. The number of hydrogen-bond donors (Lipinski definition) is 2. The van der Waals surface area contributed by atoms with Crippen molar-refractivity contribution in [1.82, 2.24) is 14.6 Å². The Hall–Kier alpha value is -3.53. The van der Waals surface area contributed by atoms with Crippen molar-refractivity contribution >= 4 is 28.8 Å². The highest BCUT2D eigenvalue weighted by Gasteiger charge is 2.37. The number of nitrogens with zero attached hydrogens (tertiary/aromatic N) is 3. The summed E-state index contributed by atoms with van der Waals surface area (Å²) in [4.78, 5) is 16.6. The van der Waals surface area contributed by atoms with Gasteiger partial charge in [0.1, 0.15) is 16.5 Å². The van der Waals surface area contributed by atoms with Crippen molar-refractivity contribution in [2.75, 3.05) is 5.32 Å². The summed E-state index contributed by atoms with van der Waals surface area (Å²) >= 11 is 6.15. The van der Waals surface area contributed by atoms with Crippen molar-refractivity contribution in [3.63, 3.8) is 0 Å². The van der Waals surface area contributed by atoms with E-state index < -0.39 is 23.5 Å². The molecule has 0 aliphatic heterocycles. The number of carbonyl (C=O) groups excluding carboxylic acids is 1. The first-order valence-electron chi connectivity index (χ1n) is 8.05. The summed E-state index contributed by atoms with van der Waals surface area (Å²) in [6, 6.07) is 9.32. The van der Waals surface area contributed by atoms with E-state index in [1.165, 1.54) is 42.7 Å². The molecule has 0 aliphatic carbocycles. The molecule has 29 heavy (non-hydrogen) atoms. The Morgan fingerprint density at radius 1 is 1.21 bits per heavy atom. The first kappa shape index (κ1) is 18.8. The molecular weight excluding hydrogens is 413 g/mol. The van der Waals surface area contributed by atoms with Crippen molar-refractivity contribution in [3.05, 3.63) is 65.1 Å². The molecule has 3 aromatic heterocycles. The second kappa shape index (κ2) is 6.82. The number of rotatable bonds is 3. The Morgan fingerprint density at radius 3 is 2.66 bits per heavy atom. The maximum Gasteiger partial charge on any atom is 0.433 e. The fourth-order valence-corrected chi connectivity index (χ4v) is 2.91. The number of nitrogens with one attached hydrogen (secondary N) is 1. The number of carbonyl (C=O) groups is 1. The van der Waals surface area contributed by atoms with Gasteiger partial charge in [0, 0.05) is 11.8 Å². The van der Waals surface area contributed by atoms with Crippen LogP contribution in [0.4, 0.5) is 18.9 Å². The lowest BCUT2D eigenvalue weighted by atomic mass is 10.2. The predicted molar refractivity (Wildman–Crippen MR) is 96.8 cm³/mol. The summed E-state index contributed by atoms with van der Waals surface area (Å²) in [5, 5.41) is 15.2. The summed E-state index contributed by atoms with van der Waals surface area (Å²) < 4.78 is 46.3. The number of halogens is 4. The van der Waals surface area contributed by atoms with E-state index in [0.29, 0.717) is 4.52 Å². The lowest BCUT2D eigenvalue weighted by Crippen LogP contribution is -2.15. The van der Waals surface area contributed by atoms with Crippen LogP contribution in [0.15, 0.2) is 53.1 Å². The van der Waals surface area contributed by atoms with E-state index in [4.69, 9.17) is 16.0 Å². The van der Waals surface area contributed by atoms with Gasteiger partial charge in [-0.1, -0.05) is 17.7 Å². The molecule has 0 unspecified atom stereocenters. The van der Waals surface area contributed by atoms with Crippen LogP contribution in [0.1, 0.15) is 16.2 Å². The minimum Gasteiger partial charge on any atom is -0.508 e. The van der Waals surface area contributed by atoms with Crippen LogP contribution in [0.5, 0.6) is 5.75 Å². The average Bonchev–Trinajstić information content (AvgIpc) is 3.29. The van der Waals surface area contributed by atoms with Gasteiger partial charge < -0.3 is 14.8 Å². The van der Waals surface area contributed by atoms with E-state index in [1.54, 1.807) is 0 Å². The first-order valence-corrected chi connectivity index (χ1v) is 8.42. The van der Waals surface area contributed by atoms with Crippen LogP contribution in [0, 0.1) is 0 Å². The van der Waals surface area contributed by atoms with Gasteiger partial charge in [-0.25, -0.2) is 9.50 Å². The molecule has 0 spiro atoms. The van der Waals surface area contributed by atoms with Gasteiger partial charge in [0.2, 0.25) is 0 Å². The highest BCUT2D eigenvalue weighted by Crippen LogP contribution is 2.34. The largest absolute Gasteiger partial charge is 0.508 e. The van der Waals surface area contributed by atoms with Gasteiger partial charge >= 0.3 is 6.18 Å². The standard InChI is InChI=1S/C18H10ClF3N4O3/c19-14-15(17(28)23-9-3-1-4-10(27)7-9)25-26-13(18(20,21)22)8-11(24-16(14)26)12-5-2-6-29-12/h1-8,27H,(H,23,28). The van der Waals surface area contributed by atoms with E-state index in [2.05, 4.69) is 15.4 Å². The van der Waals surface area contributed by atoms with E-state index in [0.717, 1.165) is 6.07 Å². The average molecular weight is 423 g/mol. The van der Waals surface area contributed by atoms with Crippen LogP contribution in [-0.2, 0) is 6.18 Å². The third-order valence-electron chi connectivity index (χ3n) is 3.92. The molecule has 0 fully saturated rings. The van der Waals surface area contributed by atoms with Crippen LogP contribution in [-0.4, -0.2) is 25.6 Å². The zero-order valence-electron chi connectivity index (χ0n) is 14.2. The van der Waals surface area contributed by atoms with Crippen LogP contribution in [0.2, 0.25) is 5.02 Å². The number of amides is 1. The number of furan rings is 1. The second-order valence-corrected chi connectivity index (χ2v) is 6.28. The van der Waals surface area contributed by atoms with Gasteiger partial charge in [0.05, 0.1) is 6.26 Å². The summed E-state index contributed by atoms with van der Waals surface area (Å²) in [5.41, 5.74) is -1.88. The van der Waals surface area contributed by atoms with E-state index >= 15 is 0 Å². The quantitative estimate of drug-likeness (QED) is 0.502. The Kier molecular flexibility index (Phi) is 4.42. The second-order valence-electron chi connectivity index (χ2n) is 5.90. The number of benzene rings is 1. The number of hydrogen-bond acceptors (Lipinski definition) is 5. The smallest absolute Gasteiger partial charge is 0.433 e. The van der Waals surface area contributed by atoms with Gasteiger partial charge in [-0.15, -0.1) is 0 Å². The number of anilines is 1. The maximum absolute atomic E-state index is 13.6. The highest BCUT2D eigenvalue weighted by atomic mass is 35.5. The molecular formula is C18H10ClF3N4O3. The minimum absolute atomic E-state index is 0.0982. The fourth-order valence-electron chi connectivity index (χ4n) is 2.66.